The molecule has 2 fully saturated rings. The largest absolute Gasteiger partial charge is 0.493 e. The first-order chi connectivity index (χ1) is 19.9. The number of anilines is 1. The first kappa shape index (κ1) is 28.6. The minimum absolute atomic E-state index is 0.0441. The number of nitrogens with zero attached hydrogens (tertiary/aromatic N) is 3. The normalized spacial score (nSPS) is 18.8. The zero-order chi connectivity index (χ0) is 29.1. The quantitative estimate of drug-likeness (QED) is 0.399. The fraction of sp³-hybridized carbons (Fsp3) is 0.375. The van der Waals surface area contributed by atoms with E-state index in [1.807, 2.05) is 29.2 Å². The maximum atomic E-state index is 14.2. The van der Waals surface area contributed by atoms with E-state index in [2.05, 4.69) is 24.0 Å². The summed E-state index contributed by atoms with van der Waals surface area (Å²) in [5.41, 5.74) is 3.70. The molecule has 3 aromatic rings. The number of ether oxygens (including phenoxy) is 3. The zero-order valence-corrected chi connectivity index (χ0v) is 24.7. The van der Waals surface area contributed by atoms with Crippen LogP contribution in [0.5, 0.6) is 17.2 Å². The Labute approximate surface area is 246 Å². The van der Waals surface area contributed by atoms with E-state index < -0.39 is 5.92 Å². The van der Waals surface area contributed by atoms with Crippen molar-refractivity contribution in [2.75, 3.05) is 65.5 Å². The van der Waals surface area contributed by atoms with Crippen molar-refractivity contribution in [3.8, 4) is 17.2 Å². The van der Waals surface area contributed by atoms with Crippen LogP contribution in [0.15, 0.2) is 60.7 Å². The molecule has 0 aliphatic carbocycles. The molecule has 0 saturated carbocycles. The lowest BCUT2D eigenvalue weighted by Gasteiger charge is -2.38. The van der Waals surface area contributed by atoms with Gasteiger partial charge < -0.3 is 28.9 Å². The summed E-state index contributed by atoms with van der Waals surface area (Å²) in [5, 5.41) is 0.393. The van der Waals surface area contributed by atoms with E-state index in [0.717, 1.165) is 18.7 Å². The Morgan fingerprint density at radius 1 is 0.805 bits per heavy atom. The molecule has 2 saturated heterocycles. The highest BCUT2D eigenvalue weighted by Crippen LogP contribution is 2.44. The van der Waals surface area contributed by atoms with Gasteiger partial charge >= 0.3 is 0 Å². The molecule has 9 heteroatoms. The van der Waals surface area contributed by atoms with Gasteiger partial charge in [-0.15, -0.1) is 0 Å². The monoisotopic (exact) mass is 577 g/mol. The molecule has 2 atom stereocenters. The Bertz CT molecular complexity index is 1400. The molecule has 216 valence electrons. The summed E-state index contributed by atoms with van der Waals surface area (Å²) >= 11 is 6.39. The number of aryl methyl sites for hydroxylation is 1. The lowest BCUT2D eigenvalue weighted by atomic mass is 9.87. The van der Waals surface area contributed by atoms with Crippen LogP contribution in [-0.2, 0) is 4.79 Å². The summed E-state index contributed by atoms with van der Waals surface area (Å²) < 4.78 is 16.7. The molecule has 0 bridgehead atoms. The Kier molecular flexibility index (Phi) is 8.59. The van der Waals surface area contributed by atoms with Crippen LogP contribution in [0.4, 0.5) is 5.69 Å². The number of methoxy groups -OCH3 is 3. The lowest BCUT2D eigenvalue weighted by Crippen LogP contribution is -2.51. The number of piperazine rings is 1. The van der Waals surface area contributed by atoms with Crippen LogP contribution in [0.2, 0.25) is 5.02 Å². The lowest BCUT2D eigenvalue weighted by molar-refractivity contribution is -0.135. The van der Waals surface area contributed by atoms with E-state index in [-0.39, 0.29) is 17.7 Å². The van der Waals surface area contributed by atoms with Gasteiger partial charge in [-0.1, -0.05) is 41.9 Å². The smallest absolute Gasteiger partial charge is 0.255 e. The molecule has 2 aliphatic heterocycles. The summed E-state index contributed by atoms with van der Waals surface area (Å²) in [7, 11) is 4.70. The average molecular weight is 578 g/mol. The molecule has 41 heavy (non-hydrogen) atoms. The zero-order valence-electron chi connectivity index (χ0n) is 23.9. The van der Waals surface area contributed by atoms with Gasteiger partial charge in [0.25, 0.3) is 5.91 Å². The molecular weight excluding hydrogens is 542 g/mol. The number of rotatable bonds is 7. The van der Waals surface area contributed by atoms with Gasteiger partial charge in [-0.05, 0) is 48.4 Å². The van der Waals surface area contributed by atoms with Crippen molar-refractivity contribution < 1.29 is 23.8 Å². The molecule has 3 aromatic carbocycles. The highest BCUT2D eigenvalue weighted by molar-refractivity contribution is 6.33. The van der Waals surface area contributed by atoms with E-state index in [0.29, 0.717) is 54.0 Å². The maximum absolute atomic E-state index is 14.2. The topological polar surface area (TPSA) is 71.6 Å². The van der Waals surface area contributed by atoms with Gasteiger partial charge in [0.05, 0.1) is 37.8 Å². The Morgan fingerprint density at radius 2 is 1.44 bits per heavy atom. The third-order valence-electron chi connectivity index (χ3n) is 8.19. The van der Waals surface area contributed by atoms with Crippen molar-refractivity contribution in [2.24, 2.45) is 5.92 Å². The molecule has 0 N–H and O–H groups in total. The summed E-state index contributed by atoms with van der Waals surface area (Å²) in [6, 6.07) is 19.1. The second kappa shape index (κ2) is 12.3. The van der Waals surface area contributed by atoms with E-state index in [9.17, 15) is 9.59 Å². The summed E-state index contributed by atoms with van der Waals surface area (Å²) in [5.74, 6) is 0.657. The van der Waals surface area contributed by atoms with Gasteiger partial charge in [-0.2, -0.15) is 0 Å². The highest BCUT2D eigenvalue weighted by atomic mass is 35.5. The average Bonchev–Trinajstić information content (AvgIpc) is 3.46. The predicted octanol–water partition coefficient (Wildman–Crippen LogP) is 4.88. The van der Waals surface area contributed by atoms with Crippen molar-refractivity contribution in [2.45, 2.75) is 12.8 Å². The molecule has 0 spiro atoms. The molecule has 8 nitrogen and oxygen atoms in total. The number of amides is 2. The van der Waals surface area contributed by atoms with Crippen LogP contribution in [-0.4, -0.2) is 82.2 Å². The molecule has 0 aromatic heterocycles. The van der Waals surface area contributed by atoms with Crippen LogP contribution < -0.4 is 19.1 Å². The van der Waals surface area contributed by atoms with Gasteiger partial charge in [-0.25, -0.2) is 0 Å². The van der Waals surface area contributed by atoms with Crippen molar-refractivity contribution in [1.29, 1.82) is 0 Å². The Morgan fingerprint density at radius 3 is 2.05 bits per heavy atom. The van der Waals surface area contributed by atoms with Gasteiger partial charge in [-0.3, -0.25) is 9.59 Å². The summed E-state index contributed by atoms with van der Waals surface area (Å²) in [6.07, 6.45) is 0. The number of benzene rings is 3. The van der Waals surface area contributed by atoms with E-state index in [1.165, 1.54) is 11.3 Å². The van der Waals surface area contributed by atoms with Crippen molar-refractivity contribution in [3.05, 3.63) is 82.4 Å². The third kappa shape index (κ3) is 5.66. The van der Waals surface area contributed by atoms with E-state index in [4.69, 9.17) is 25.8 Å². The number of carbonyl (C=O) groups is 2. The van der Waals surface area contributed by atoms with E-state index >= 15 is 0 Å². The minimum atomic E-state index is -0.436. The molecule has 5 rings (SSSR count). The van der Waals surface area contributed by atoms with Gasteiger partial charge in [0.15, 0.2) is 11.5 Å². The van der Waals surface area contributed by atoms with Crippen LogP contribution in [0.1, 0.15) is 27.4 Å². The van der Waals surface area contributed by atoms with Crippen LogP contribution in [0, 0.1) is 12.8 Å². The second-order valence-corrected chi connectivity index (χ2v) is 10.9. The first-order valence-corrected chi connectivity index (χ1v) is 14.2. The van der Waals surface area contributed by atoms with Crippen LogP contribution in [0.3, 0.4) is 0 Å². The van der Waals surface area contributed by atoms with Gasteiger partial charge in [0.2, 0.25) is 11.7 Å². The predicted molar refractivity (Wildman–Crippen MR) is 160 cm³/mol. The van der Waals surface area contributed by atoms with Crippen LogP contribution >= 0.6 is 11.6 Å². The third-order valence-corrected chi connectivity index (χ3v) is 8.52. The maximum Gasteiger partial charge on any atom is 0.255 e. The summed E-state index contributed by atoms with van der Waals surface area (Å²) in [6.45, 7) is 5.50. The fourth-order valence-electron chi connectivity index (χ4n) is 6.00. The first-order valence-electron chi connectivity index (χ1n) is 13.8. The minimum Gasteiger partial charge on any atom is -0.493 e. The molecule has 2 amide bonds. The molecule has 0 radical (unpaired) electrons. The number of hydrogen-bond acceptors (Lipinski definition) is 6. The number of halogens is 1. The number of carbonyl (C=O) groups excluding carboxylic acids is 2. The van der Waals surface area contributed by atoms with Gasteiger partial charge in [0, 0.05) is 50.9 Å². The van der Waals surface area contributed by atoms with Crippen LogP contribution in [0.25, 0.3) is 0 Å². The highest BCUT2D eigenvalue weighted by Gasteiger charge is 2.43. The molecule has 2 heterocycles. The molecule has 2 aliphatic rings. The molecular formula is C32H36ClN3O5. The van der Waals surface area contributed by atoms with Gasteiger partial charge in [0.1, 0.15) is 0 Å². The fourth-order valence-corrected chi connectivity index (χ4v) is 6.22. The van der Waals surface area contributed by atoms with Crippen molar-refractivity contribution in [1.82, 2.24) is 9.80 Å². The van der Waals surface area contributed by atoms with E-state index in [1.54, 1.807) is 50.5 Å². The second-order valence-electron chi connectivity index (χ2n) is 10.5. The summed E-state index contributed by atoms with van der Waals surface area (Å²) in [4.78, 5) is 33.8. The Hall–Kier alpha value is -3.91. The standard InChI is InChI=1S/C32H36ClN3O5/c1-21-9-5-8-12-27(21)34-13-15-35(16-14-34)32(38)25-20-36(31(37)23-10-6-7-11-26(23)33)19-24(25)22-17-28(39-2)30(41-4)29(18-22)40-3/h5-12,17-18,24-25H,13-16,19-20H2,1-4H3/t24-,25-/m1/s1. The Balaban J connectivity index is 1.43. The SMILES string of the molecule is COc1cc([C@H]2CN(C(=O)c3ccccc3Cl)C[C@H]2C(=O)N2CCN(c3ccccc3C)CC2)cc(OC)c1OC. The molecule has 0 unspecified atom stereocenters. The van der Waals surface area contributed by atoms with Crippen molar-refractivity contribution >= 4 is 29.1 Å². The van der Waals surface area contributed by atoms with Crippen molar-refractivity contribution in [3.63, 3.8) is 0 Å². The number of para-hydroxylation sites is 1. The number of hydrogen-bond donors (Lipinski definition) is 0. The number of likely N-dealkylation sites (tertiary alicyclic amines) is 1.